The molecule has 0 aliphatic carbocycles. The topological polar surface area (TPSA) is 107 Å². The van der Waals surface area contributed by atoms with Crippen LogP contribution >= 0.6 is 0 Å². The van der Waals surface area contributed by atoms with E-state index >= 15 is 0 Å². The first kappa shape index (κ1) is 12.9. The lowest BCUT2D eigenvalue weighted by Gasteiger charge is -2.02. The van der Waals surface area contributed by atoms with Gasteiger partial charge in [-0.15, -0.1) is 0 Å². The summed E-state index contributed by atoms with van der Waals surface area (Å²) in [6.07, 6.45) is 2.24. The van der Waals surface area contributed by atoms with E-state index in [1.807, 2.05) is 6.92 Å². The van der Waals surface area contributed by atoms with Crippen molar-refractivity contribution in [3.05, 3.63) is 37.9 Å². The number of nitrogens with zero attached hydrogens (tertiary/aromatic N) is 2. The smallest absolute Gasteiger partial charge is 0.387 e. The predicted molar refractivity (Wildman–Crippen MR) is 60.0 cm³/mol. The molecule has 0 heterocycles. The van der Waals surface area contributed by atoms with Crippen LogP contribution in [0.4, 0.5) is 11.4 Å². The highest BCUT2D eigenvalue weighted by molar-refractivity contribution is 5.62. The highest BCUT2D eigenvalue weighted by Crippen LogP contribution is 2.37. The normalized spacial score (nSPS) is 10.2. The molecule has 0 aromatic heterocycles. The standard InChI is InChI=1S/C10H12N2O5/c1-2-3-4-7-5-8(11(14)15)10(12(16)17)9(13)6-7/h5-6,13H,2-4H2,1H3. The first-order chi connectivity index (χ1) is 7.97. The van der Waals surface area contributed by atoms with Gasteiger partial charge in [0.15, 0.2) is 0 Å². The van der Waals surface area contributed by atoms with Crippen LogP contribution in [0.3, 0.4) is 0 Å². The van der Waals surface area contributed by atoms with Crippen molar-refractivity contribution >= 4 is 11.4 Å². The summed E-state index contributed by atoms with van der Waals surface area (Å²) in [5, 5.41) is 30.8. The van der Waals surface area contributed by atoms with E-state index in [0.29, 0.717) is 12.0 Å². The molecule has 0 amide bonds. The largest absolute Gasteiger partial charge is 0.502 e. The van der Waals surface area contributed by atoms with Gasteiger partial charge in [-0.3, -0.25) is 20.2 Å². The second-order valence-electron chi connectivity index (χ2n) is 3.60. The fourth-order valence-electron chi connectivity index (χ4n) is 1.51. The number of hydrogen-bond donors (Lipinski definition) is 1. The Labute approximate surface area is 97.0 Å². The van der Waals surface area contributed by atoms with Crippen molar-refractivity contribution < 1.29 is 15.0 Å². The summed E-state index contributed by atoms with van der Waals surface area (Å²) in [6, 6.07) is 2.36. The van der Waals surface area contributed by atoms with Crippen molar-refractivity contribution in [3.8, 4) is 5.75 Å². The molecule has 1 rings (SSSR count). The van der Waals surface area contributed by atoms with Crippen LogP contribution in [0.15, 0.2) is 12.1 Å². The van der Waals surface area contributed by atoms with Crippen molar-refractivity contribution in [1.82, 2.24) is 0 Å². The van der Waals surface area contributed by atoms with Gasteiger partial charge in [-0.1, -0.05) is 13.3 Å². The predicted octanol–water partition coefficient (Wildman–Crippen LogP) is 2.55. The van der Waals surface area contributed by atoms with Gasteiger partial charge < -0.3 is 5.11 Å². The van der Waals surface area contributed by atoms with Gasteiger partial charge in [-0.25, -0.2) is 0 Å². The molecule has 7 heteroatoms. The van der Waals surface area contributed by atoms with E-state index < -0.39 is 27.0 Å². The second kappa shape index (κ2) is 5.24. The van der Waals surface area contributed by atoms with Crippen molar-refractivity contribution in [3.63, 3.8) is 0 Å². The minimum absolute atomic E-state index is 0.529. The molecule has 0 fully saturated rings. The average Bonchev–Trinajstić information content (AvgIpc) is 2.24. The Morgan fingerprint density at radius 1 is 1.24 bits per heavy atom. The van der Waals surface area contributed by atoms with E-state index in [2.05, 4.69) is 0 Å². The van der Waals surface area contributed by atoms with E-state index in [4.69, 9.17) is 0 Å². The third-order valence-corrected chi connectivity index (χ3v) is 2.33. The number of aryl methyl sites for hydroxylation is 1. The molecule has 0 saturated heterocycles. The molecule has 0 unspecified atom stereocenters. The number of hydrogen-bond acceptors (Lipinski definition) is 5. The van der Waals surface area contributed by atoms with Crippen LogP contribution < -0.4 is 0 Å². The van der Waals surface area contributed by atoms with E-state index in [1.165, 1.54) is 6.07 Å². The zero-order valence-electron chi connectivity index (χ0n) is 9.25. The fraction of sp³-hybridized carbons (Fsp3) is 0.400. The summed E-state index contributed by atoms with van der Waals surface area (Å²) >= 11 is 0. The Hall–Kier alpha value is -2.18. The summed E-state index contributed by atoms with van der Waals surface area (Å²) in [7, 11) is 0. The molecule has 0 aliphatic heterocycles. The zero-order valence-corrected chi connectivity index (χ0v) is 9.25. The van der Waals surface area contributed by atoms with E-state index in [1.54, 1.807) is 0 Å². The first-order valence-corrected chi connectivity index (χ1v) is 5.12. The average molecular weight is 240 g/mol. The van der Waals surface area contributed by atoms with Crippen LogP contribution in [0.5, 0.6) is 5.75 Å². The van der Waals surface area contributed by atoms with Crippen molar-refractivity contribution in [2.75, 3.05) is 0 Å². The molecule has 0 bridgehead atoms. The molecule has 0 radical (unpaired) electrons. The molecule has 1 aromatic carbocycles. The summed E-state index contributed by atoms with van der Waals surface area (Å²) in [5.41, 5.74) is -0.988. The van der Waals surface area contributed by atoms with Gasteiger partial charge in [-0.05, 0) is 24.5 Å². The molecule has 17 heavy (non-hydrogen) atoms. The van der Waals surface area contributed by atoms with Crippen LogP contribution in [0, 0.1) is 20.2 Å². The molecular formula is C10H12N2O5. The summed E-state index contributed by atoms with van der Waals surface area (Å²) in [6.45, 7) is 1.96. The molecule has 92 valence electrons. The van der Waals surface area contributed by atoms with Gasteiger partial charge in [0.2, 0.25) is 5.75 Å². The maximum absolute atomic E-state index is 10.7. The first-order valence-electron chi connectivity index (χ1n) is 5.12. The second-order valence-corrected chi connectivity index (χ2v) is 3.60. The number of phenolic OH excluding ortho intramolecular Hbond substituents is 1. The minimum atomic E-state index is -0.947. The molecule has 0 atom stereocenters. The SMILES string of the molecule is CCCCc1cc(O)c([N+](=O)[O-])c([N+](=O)[O-])c1. The number of phenols is 1. The van der Waals surface area contributed by atoms with Gasteiger partial charge in [0.25, 0.3) is 0 Å². The van der Waals surface area contributed by atoms with Crippen LogP contribution in [0.25, 0.3) is 0 Å². The molecular weight excluding hydrogens is 228 g/mol. The number of unbranched alkanes of at least 4 members (excludes halogenated alkanes) is 1. The lowest BCUT2D eigenvalue weighted by Crippen LogP contribution is -1.98. The lowest BCUT2D eigenvalue weighted by molar-refractivity contribution is -0.423. The van der Waals surface area contributed by atoms with E-state index in [-0.39, 0.29) is 0 Å². The number of nitro groups is 2. The highest BCUT2D eigenvalue weighted by atomic mass is 16.6. The van der Waals surface area contributed by atoms with Gasteiger partial charge in [0.05, 0.1) is 9.85 Å². The Morgan fingerprint density at radius 2 is 1.88 bits per heavy atom. The minimum Gasteiger partial charge on any atom is -0.502 e. The Morgan fingerprint density at radius 3 is 2.35 bits per heavy atom. The summed E-state index contributed by atoms with van der Waals surface area (Å²) in [5.74, 6) is -0.657. The quantitative estimate of drug-likeness (QED) is 0.628. The van der Waals surface area contributed by atoms with Crippen LogP contribution in [-0.4, -0.2) is 15.0 Å². The lowest BCUT2D eigenvalue weighted by atomic mass is 10.1. The Balaban J connectivity index is 3.26. The maximum Gasteiger partial charge on any atom is 0.387 e. The van der Waals surface area contributed by atoms with Crippen LogP contribution in [0.2, 0.25) is 0 Å². The Kier molecular flexibility index (Phi) is 3.97. The number of aromatic hydroxyl groups is 1. The summed E-state index contributed by atoms with van der Waals surface area (Å²) in [4.78, 5) is 19.5. The zero-order chi connectivity index (χ0) is 13.0. The maximum atomic E-state index is 10.7. The van der Waals surface area contributed by atoms with E-state index in [9.17, 15) is 25.3 Å². The molecule has 0 spiro atoms. The highest BCUT2D eigenvalue weighted by Gasteiger charge is 2.29. The monoisotopic (exact) mass is 240 g/mol. The summed E-state index contributed by atoms with van der Waals surface area (Å²) < 4.78 is 0. The van der Waals surface area contributed by atoms with Gasteiger partial charge in [0.1, 0.15) is 0 Å². The van der Waals surface area contributed by atoms with Crippen molar-refractivity contribution in [2.45, 2.75) is 26.2 Å². The van der Waals surface area contributed by atoms with Gasteiger partial charge in [0, 0.05) is 6.07 Å². The van der Waals surface area contributed by atoms with Crippen LogP contribution in [-0.2, 0) is 6.42 Å². The molecule has 0 aliphatic rings. The molecule has 1 aromatic rings. The number of benzene rings is 1. The fourth-order valence-corrected chi connectivity index (χ4v) is 1.51. The van der Waals surface area contributed by atoms with E-state index in [0.717, 1.165) is 18.9 Å². The van der Waals surface area contributed by atoms with Gasteiger partial charge in [-0.2, -0.15) is 0 Å². The van der Waals surface area contributed by atoms with Gasteiger partial charge >= 0.3 is 11.4 Å². The molecule has 1 N–H and O–H groups in total. The molecule has 0 saturated carbocycles. The Bertz CT molecular complexity index is 458. The number of nitro benzene ring substituents is 2. The molecule has 7 nitrogen and oxygen atoms in total. The number of rotatable bonds is 5. The third kappa shape index (κ3) is 2.90. The van der Waals surface area contributed by atoms with Crippen molar-refractivity contribution in [1.29, 1.82) is 0 Å². The van der Waals surface area contributed by atoms with Crippen LogP contribution in [0.1, 0.15) is 25.3 Å². The van der Waals surface area contributed by atoms with Crippen molar-refractivity contribution in [2.24, 2.45) is 0 Å². The third-order valence-electron chi connectivity index (χ3n) is 2.33.